The summed E-state index contributed by atoms with van der Waals surface area (Å²) < 4.78 is 5.61. The summed E-state index contributed by atoms with van der Waals surface area (Å²) in [4.78, 5) is 11.5. The van der Waals surface area contributed by atoms with Crippen LogP contribution in [0.4, 0.5) is 0 Å². The molecule has 2 heterocycles. The highest BCUT2D eigenvalue weighted by molar-refractivity contribution is 14.0. The van der Waals surface area contributed by atoms with E-state index in [2.05, 4.69) is 20.2 Å². The molecule has 1 aromatic carbocycles. The van der Waals surface area contributed by atoms with Crippen molar-refractivity contribution in [1.29, 1.82) is 0 Å². The zero-order valence-electron chi connectivity index (χ0n) is 15.2. The molecule has 1 aromatic heterocycles. The maximum absolute atomic E-state index is 5.61. The van der Waals surface area contributed by atoms with Crippen LogP contribution in [0.2, 0.25) is 0 Å². The molecular weight excluding hydrogens is 439 g/mol. The number of hydrogen-bond acceptors (Lipinski definition) is 3. The molecule has 0 bridgehead atoms. The molecule has 1 saturated carbocycles. The van der Waals surface area contributed by atoms with Crippen LogP contribution in [0.15, 0.2) is 46.0 Å². The summed E-state index contributed by atoms with van der Waals surface area (Å²) in [7, 11) is 1.86. The minimum atomic E-state index is 0. The van der Waals surface area contributed by atoms with Crippen LogP contribution < -0.4 is 5.32 Å². The average Bonchev–Trinajstić information content (AvgIpc) is 3.30. The second kappa shape index (κ2) is 8.88. The van der Waals surface area contributed by atoms with Gasteiger partial charge in [0.2, 0.25) is 5.89 Å². The van der Waals surface area contributed by atoms with Crippen molar-refractivity contribution in [1.82, 2.24) is 15.2 Å². The number of nitrogens with zero attached hydrogens (tertiary/aromatic N) is 3. The summed E-state index contributed by atoms with van der Waals surface area (Å²) in [6, 6.07) is 9.99. The first kappa shape index (κ1) is 19.2. The molecule has 1 saturated heterocycles. The Bertz CT molecular complexity index is 716. The summed E-state index contributed by atoms with van der Waals surface area (Å²) in [5.41, 5.74) is 1.90. The van der Waals surface area contributed by atoms with E-state index in [1.165, 1.54) is 25.7 Å². The van der Waals surface area contributed by atoms with Gasteiger partial charge in [-0.25, -0.2) is 4.98 Å². The minimum Gasteiger partial charge on any atom is -0.444 e. The lowest BCUT2D eigenvalue weighted by molar-refractivity contribution is 0.299. The van der Waals surface area contributed by atoms with Gasteiger partial charge in [0, 0.05) is 25.7 Å². The van der Waals surface area contributed by atoms with Crippen molar-refractivity contribution in [2.75, 3.05) is 20.1 Å². The number of likely N-dealkylation sites (tertiary alicyclic amines) is 1. The molecule has 2 aromatic rings. The number of nitrogens with one attached hydrogen (secondary N) is 1. The van der Waals surface area contributed by atoms with Gasteiger partial charge in [-0.1, -0.05) is 31.0 Å². The maximum atomic E-state index is 5.61. The zero-order chi connectivity index (χ0) is 17.1. The van der Waals surface area contributed by atoms with Crippen molar-refractivity contribution in [2.45, 2.75) is 32.2 Å². The van der Waals surface area contributed by atoms with Gasteiger partial charge in [-0.2, -0.15) is 0 Å². The standard InChI is InChI=1S/C20H26N4O.HI/c1-21-20(24-12-16-9-5-6-10-17(16)13-24)22-11-18-14-25-19(23-18)15-7-3-2-4-8-15;/h2-4,7-8,14,16-17H,5-6,9-13H2,1H3,(H,21,22);1H. The van der Waals surface area contributed by atoms with Crippen molar-refractivity contribution in [3.8, 4) is 11.5 Å². The lowest BCUT2D eigenvalue weighted by Crippen LogP contribution is -2.39. The first-order valence-corrected chi connectivity index (χ1v) is 9.29. The number of hydrogen-bond donors (Lipinski definition) is 1. The van der Waals surface area contributed by atoms with Gasteiger partial charge in [0.05, 0.1) is 12.2 Å². The Kier molecular flexibility index (Phi) is 6.56. The third-order valence-electron chi connectivity index (χ3n) is 5.49. The normalized spacial score (nSPS) is 22.7. The van der Waals surface area contributed by atoms with Crippen molar-refractivity contribution >= 4 is 29.9 Å². The predicted molar refractivity (Wildman–Crippen MR) is 115 cm³/mol. The maximum Gasteiger partial charge on any atom is 0.226 e. The molecular formula is C20H27IN4O. The first-order chi connectivity index (χ1) is 12.3. The van der Waals surface area contributed by atoms with E-state index in [9.17, 15) is 0 Å². The number of fused-ring (bicyclic) bond motifs is 1. The Hall–Kier alpha value is -1.57. The van der Waals surface area contributed by atoms with Gasteiger partial charge < -0.3 is 14.6 Å². The van der Waals surface area contributed by atoms with Crippen LogP contribution in [-0.2, 0) is 6.54 Å². The molecule has 2 unspecified atom stereocenters. The van der Waals surface area contributed by atoms with Crippen molar-refractivity contribution in [3.63, 3.8) is 0 Å². The molecule has 0 spiro atoms. The topological polar surface area (TPSA) is 53.7 Å². The molecule has 1 N–H and O–H groups in total. The van der Waals surface area contributed by atoms with Gasteiger partial charge in [-0.3, -0.25) is 4.99 Å². The van der Waals surface area contributed by atoms with Crippen LogP contribution in [0.3, 0.4) is 0 Å². The number of guanidine groups is 1. The molecule has 140 valence electrons. The Labute approximate surface area is 172 Å². The molecule has 2 fully saturated rings. The van der Waals surface area contributed by atoms with Crippen LogP contribution >= 0.6 is 24.0 Å². The van der Waals surface area contributed by atoms with E-state index < -0.39 is 0 Å². The van der Waals surface area contributed by atoms with E-state index in [0.29, 0.717) is 12.4 Å². The van der Waals surface area contributed by atoms with Crippen molar-refractivity contribution < 1.29 is 4.42 Å². The fourth-order valence-corrected chi connectivity index (χ4v) is 4.18. The smallest absolute Gasteiger partial charge is 0.226 e. The Morgan fingerprint density at radius 3 is 2.54 bits per heavy atom. The third kappa shape index (κ3) is 4.22. The van der Waals surface area contributed by atoms with Gasteiger partial charge in [0.25, 0.3) is 0 Å². The summed E-state index contributed by atoms with van der Waals surface area (Å²) in [5.74, 6) is 3.35. The summed E-state index contributed by atoms with van der Waals surface area (Å²) in [6.07, 6.45) is 7.26. The molecule has 2 atom stereocenters. The number of aliphatic imine (C=N–C) groups is 1. The Morgan fingerprint density at radius 1 is 1.19 bits per heavy atom. The number of oxazole rings is 1. The summed E-state index contributed by atoms with van der Waals surface area (Å²) in [6.45, 7) is 2.91. The lowest BCUT2D eigenvalue weighted by Gasteiger charge is -2.22. The van der Waals surface area contributed by atoms with E-state index in [-0.39, 0.29) is 24.0 Å². The quantitative estimate of drug-likeness (QED) is 0.420. The van der Waals surface area contributed by atoms with Gasteiger partial charge in [0.15, 0.2) is 5.96 Å². The van der Waals surface area contributed by atoms with Crippen LogP contribution in [0.1, 0.15) is 31.4 Å². The molecule has 1 aliphatic heterocycles. The minimum absolute atomic E-state index is 0. The van der Waals surface area contributed by atoms with Crippen molar-refractivity contribution in [3.05, 3.63) is 42.3 Å². The van der Waals surface area contributed by atoms with E-state index in [0.717, 1.165) is 42.1 Å². The Morgan fingerprint density at radius 2 is 1.88 bits per heavy atom. The van der Waals surface area contributed by atoms with Gasteiger partial charge in [0.1, 0.15) is 6.26 Å². The number of benzene rings is 1. The van der Waals surface area contributed by atoms with Crippen LogP contribution in [0.5, 0.6) is 0 Å². The van der Waals surface area contributed by atoms with E-state index in [1.54, 1.807) is 6.26 Å². The summed E-state index contributed by atoms with van der Waals surface area (Å²) >= 11 is 0. The van der Waals surface area contributed by atoms with Crippen LogP contribution in [-0.4, -0.2) is 36.0 Å². The van der Waals surface area contributed by atoms with Gasteiger partial charge in [-0.15, -0.1) is 24.0 Å². The molecule has 0 amide bonds. The third-order valence-corrected chi connectivity index (χ3v) is 5.49. The largest absolute Gasteiger partial charge is 0.444 e. The van der Waals surface area contributed by atoms with Crippen LogP contribution in [0.25, 0.3) is 11.5 Å². The van der Waals surface area contributed by atoms with E-state index >= 15 is 0 Å². The highest BCUT2D eigenvalue weighted by Gasteiger charge is 2.35. The highest BCUT2D eigenvalue weighted by Crippen LogP contribution is 2.35. The molecule has 0 radical (unpaired) electrons. The van der Waals surface area contributed by atoms with E-state index in [4.69, 9.17) is 4.42 Å². The second-order valence-electron chi connectivity index (χ2n) is 7.12. The van der Waals surface area contributed by atoms with Crippen molar-refractivity contribution in [2.24, 2.45) is 16.8 Å². The number of halogens is 1. The number of rotatable bonds is 3. The summed E-state index contributed by atoms with van der Waals surface area (Å²) in [5, 5.41) is 3.46. The average molecular weight is 466 g/mol. The molecule has 2 aliphatic rings. The molecule has 6 heteroatoms. The molecule has 1 aliphatic carbocycles. The number of aromatic nitrogens is 1. The van der Waals surface area contributed by atoms with E-state index in [1.807, 2.05) is 37.4 Å². The highest BCUT2D eigenvalue weighted by atomic mass is 127. The first-order valence-electron chi connectivity index (χ1n) is 9.29. The van der Waals surface area contributed by atoms with Gasteiger partial charge >= 0.3 is 0 Å². The van der Waals surface area contributed by atoms with Gasteiger partial charge in [-0.05, 0) is 36.8 Å². The molecule has 26 heavy (non-hydrogen) atoms. The fraction of sp³-hybridized carbons (Fsp3) is 0.500. The molecule has 4 rings (SSSR count). The second-order valence-corrected chi connectivity index (χ2v) is 7.12. The predicted octanol–water partition coefficient (Wildman–Crippen LogP) is 4.16. The monoisotopic (exact) mass is 466 g/mol. The SMILES string of the molecule is CN=C(NCc1coc(-c2ccccc2)n1)N1CC2CCCCC2C1.I. The zero-order valence-corrected chi connectivity index (χ0v) is 17.6. The molecule has 5 nitrogen and oxygen atoms in total. The fourth-order valence-electron chi connectivity index (χ4n) is 4.18. The Balaban J connectivity index is 0.00000196. The lowest BCUT2D eigenvalue weighted by atomic mass is 9.82. The van der Waals surface area contributed by atoms with Crippen LogP contribution in [0, 0.1) is 11.8 Å².